The minimum Gasteiger partial charge on any atom is -0.508 e. The van der Waals surface area contributed by atoms with Crippen LogP contribution in [0.15, 0.2) is 85.2 Å². The number of fused-ring (bicyclic) bond motifs is 2. The number of nitrogens with one attached hydrogen (secondary N) is 18. The summed E-state index contributed by atoms with van der Waals surface area (Å²) in [6.07, 6.45) is -6.83. The number of thioether (sulfide) groups is 1. The van der Waals surface area contributed by atoms with Crippen LogP contribution in [-0.2, 0) is 115 Å². The van der Waals surface area contributed by atoms with E-state index in [2.05, 4.69) is 89.7 Å². The molecule has 0 unspecified atom stereocenters. The fourth-order valence-corrected chi connectivity index (χ4v) is 14.2. The van der Waals surface area contributed by atoms with E-state index in [1.807, 2.05) is 0 Å². The molecule has 15 atom stereocenters. The number of aliphatic hydroxyl groups is 2. The van der Waals surface area contributed by atoms with Crippen LogP contribution < -0.4 is 97.0 Å². The molecule has 5 rings (SSSR count). The summed E-state index contributed by atoms with van der Waals surface area (Å²) in [5.74, 6) is -26.1. The molecule has 0 aliphatic carbocycles. The lowest BCUT2D eigenvalue weighted by Gasteiger charge is -2.32. The van der Waals surface area contributed by atoms with E-state index < -0.39 is 290 Å². The highest BCUT2D eigenvalue weighted by Crippen LogP contribution is 2.24. The number of hydrogen-bond donors (Lipinski definition) is 28. The summed E-state index contributed by atoms with van der Waals surface area (Å²) >= 11 is 1.29. The van der Waals surface area contributed by atoms with Crippen molar-refractivity contribution < 1.29 is 132 Å². The second-order valence-electron chi connectivity index (χ2n) is 33.3. The number of H-pyrrole nitrogens is 2. The molecule has 0 saturated heterocycles. The molecule has 0 bridgehead atoms. The maximum absolute atomic E-state index is 15.1. The van der Waals surface area contributed by atoms with Gasteiger partial charge in [0.05, 0.1) is 31.5 Å². The predicted molar refractivity (Wildman–Crippen MR) is 484 cm³/mol. The molecule has 16 amide bonds. The quantitative estimate of drug-likeness (QED) is 0.00987. The van der Waals surface area contributed by atoms with Gasteiger partial charge in [0.25, 0.3) is 0 Å². The third kappa shape index (κ3) is 36.2. The number of aliphatic hydroxyl groups excluding tert-OH is 2. The van der Waals surface area contributed by atoms with Gasteiger partial charge in [-0.3, -0.25) is 101 Å². The number of phenols is 1. The lowest BCUT2D eigenvalue weighted by atomic mass is 9.95. The third-order valence-electron chi connectivity index (χ3n) is 21.5. The highest BCUT2D eigenvalue weighted by Gasteiger charge is 2.43. The monoisotopic (exact) mass is 1910 g/mol. The molecule has 0 fully saturated rings. The van der Waals surface area contributed by atoms with Gasteiger partial charge in [-0.15, -0.1) is 0 Å². The molecule has 0 radical (unpaired) electrons. The van der Waals surface area contributed by atoms with E-state index in [1.54, 1.807) is 61.7 Å². The molecule has 5 aromatic rings. The molecule has 135 heavy (non-hydrogen) atoms. The van der Waals surface area contributed by atoms with Gasteiger partial charge in [0, 0.05) is 79.3 Å². The smallest absolute Gasteiger partial charge is 0.305 e. The summed E-state index contributed by atoms with van der Waals surface area (Å²) in [5.41, 5.74) is 14.3. The first-order valence-corrected chi connectivity index (χ1v) is 44.3. The number of rotatable bonds is 58. The zero-order valence-electron chi connectivity index (χ0n) is 75.7. The Labute approximate surface area is 778 Å². The molecule has 49 heteroatoms. The number of para-hydroxylation sites is 2. The maximum Gasteiger partial charge on any atom is 0.305 e. The van der Waals surface area contributed by atoms with E-state index >= 15 is 4.79 Å². The number of aromatic nitrogens is 2. The molecule has 31 N–H and O–H groups in total. The summed E-state index contributed by atoms with van der Waals surface area (Å²) < 4.78 is 0. The minimum absolute atomic E-state index is 0.0108. The van der Waals surface area contributed by atoms with Crippen LogP contribution in [0.3, 0.4) is 0 Å². The van der Waals surface area contributed by atoms with Crippen LogP contribution in [0, 0.1) is 11.3 Å². The van der Waals surface area contributed by atoms with Crippen molar-refractivity contribution in [3.8, 4) is 5.75 Å². The Morgan fingerprint density at radius 1 is 0.422 bits per heavy atom. The lowest BCUT2D eigenvalue weighted by Crippen LogP contribution is -2.64. The van der Waals surface area contributed by atoms with Crippen molar-refractivity contribution in [1.29, 1.82) is 5.41 Å². The van der Waals surface area contributed by atoms with Crippen LogP contribution in [-0.4, -0.2) is 284 Å². The number of aliphatic carboxylic acids is 4. The zero-order valence-corrected chi connectivity index (χ0v) is 76.5. The number of carboxylic acid groups (broad SMARTS) is 4. The van der Waals surface area contributed by atoms with Gasteiger partial charge < -0.3 is 143 Å². The normalized spacial score (nSPS) is 14.7. The van der Waals surface area contributed by atoms with Crippen LogP contribution in [0.4, 0.5) is 0 Å². The van der Waals surface area contributed by atoms with E-state index in [0.717, 1.165) is 41.5 Å². The Balaban J connectivity index is 1.44. The Morgan fingerprint density at radius 2 is 0.815 bits per heavy atom. The van der Waals surface area contributed by atoms with Gasteiger partial charge in [-0.1, -0.05) is 68.8 Å². The largest absolute Gasteiger partial charge is 0.508 e. The van der Waals surface area contributed by atoms with E-state index in [1.165, 1.54) is 55.3 Å². The second-order valence-corrected chi connectivity index (χ2v) is 34.3. The number of aromatic hydroxyl groups is 1. The molecule has 0 spiro atoms. The number of nitrogens with two attached hydrogens (primary N) is 3. The fraction of sp³-hybridized carbons (Fsp3) is 0.500. The zero-order chi connectivity index (χ0) is 101. The number of aromatic amines is 2. The average molecular weight is 1910 g/mol. The van der Waals surface area contributed by atoms with Gasteiger partial charge in [0.15, 0.2) is 5.96 Å². The molecule has 0 aliphatic rings. The van der Waals surface area contributed by atoms with Crippen molar-refractivity contribution in [2.24, 2.45) is 23.1 Å². The van der Waals surface area contributed by atoms with Gasteiger partial charge in [-0.25, -0.2) is 0 Å². The SMILES string of the molecule is CC[C@H](C)[C@H](NC(=O)[C@H](CCC(=O)O)NC(=O)[C@H](CCCNC(=N)N)NC(=O)[C@H](CC(=O)O)NC(=O)[C@H](Cc1c[nH]c2ccccc12)NC(=O)[C@H](CCC(=O)O)NC(=O)C(C)(C)NC(=O)[C@H](Cc1c[nH]c2ccccc12)NC(=O)[C@@H](NC(=O)[C@H](CCSC)NC(=O)CCC(=O)O)[C@@H](C)O)C(=O)NC(C)(C)C(=O)N[C@@H](CC(N)=O)C(=O)N[C@@H](Cc1ccc(O)cc1)C(=O)N[C@H](C(N)=O)[C@@H](C)O. The third-order valence-corrected chi connectivity index (χ3v) is 22.1. The van der Waals surface area contributed by atoms with Crippen molar-refractivity contribution >= 4 is 158 Å². The molecular formula is C86H121N21O27S. The van der Waals surface area contributed by atoms with E-state index in [9.17, 15) is 122 Å². The van der Waals surface area contributed by atoms with Gasteiger partial charge in [0.2, 0.25) is 94.5 Å². The molecule has 2 heterocycles. The van der Waals surface area contributed by atoms with E-state index in [-0.39, 0.29) is 44.4 Å². The molecule has 0 saturated carbocycles. The Hall–Kier alpha value is -14.5. The van der Waals surface area contributed by atoms with Crippen molar-refractivity contribution in [1.82, 2.24) is 89.7 Å². The fourth-order valence-electron chi connectivity index (χ4n) is 13.7. The first kappa shape index (κ1) is 111. The van der Waals surface area contributed by atoms with Gasteiger partial charge in [-0.2, -0.15) is 11.8 Å². The summed E-state index contributed by atoms with van der Waals surface area (Å²) in [6.45, 7) is 9.76. The van der Waals surface area contributed by atoms with Crippen LogP contribution >= 0.6 is 11.8 Å². The summed E-state index contributed by atoms with van der Waals surface area (Å²) in [5, 5.41) is 115. The van der Waals surface area contributed by atoms with Crippen molar-refractivity contribution in [2.45, 2.75) is 247 Å². The molecular weight excluding hydrogens is 1790 g/mol. The molecule has 3 aromatic carbocycles. The first-order valence-electron chi connectivity index (χ1n) is 42.9. The number of carbonyl (C=O) groups excluding carboxylic acids is 16. The Morgan fingerprint density at radius 3 is 1.28 bits per heavy atom. The average Bonchev–Trinajstić information content (AvgIpc) is 1.71. The Kier molecular flexibility index (Phi) is 43.3. The Bertz CT molecular complexity index is 5120. The van der Waals surface area contributed by atoms with E-state index in [4.69, 9.17) is 27.7 Å². The second kappa shape index (κ2) is 52.7. The van der Waals surface area contributed by atoms with Gasteiger partial charge >= 0.3 is 23.9 Å². The topological polar surface area (TPSA) is 797 Å². The van der Waals surface area contributed by atoms with Gasteiger partial charge in [-0.05, 0) is 133 Å². The highest BCUT2D eigenvalue weighted by molar-refractivity contribution is 7.98. The molecule has 0 aliphatic heterocycles. The van der Waals surface area contributed by atoms with Crippen molar-refractivity contribution in [2.75, 3.05) is 18.6 Å². The number of benzene rings is 3. The number of carbonyl (C=O) groups is 20. The van der Waals surface area contributed by atoms with Crippen LogP contribution in [0.25, 0.3) is 21.8 Å². The summed E-state index contributed by atoms with van der Waals surface area (Å²) in [6, 6.07) is -3.07. The lowest BCUT2D eigenvalue weighted by molar-refractivity contribution is -0.142. The van der Waals surface area contributed by atoms with E-state index in [0.29, 0.717) is 44.2 Å². The van der Waals surface area contributed by atoms with Crippen molar-refractivity contribution in [3.05, 3.63) is 102 Å². The summed E-state index contributed by atoms with van der Waals surface area (Å²) in [4.78, 5) is 281. The van der Waals surface area contributed by atoms with Crippen molar-refractivity contribution in [3.63, 3.8) is 0 Å². The van der Waals surface area contributed by atoms with Crippen LogP contribution in [0.2, 0.25) is 0 Å². The van der Waals surface area contributed by atoms with Crippen LogP contribution in [0.1, 0.15) is 149 Å². The highest BCUT2D eigenvalue weighted by atomic mass is 32.2. The minimum atomic E-state index is -2.22. The predicted octanol–water partition coefficient (Wildman–Crippen LogP) is -4.76. The number of primary amides is 2. The number of phenolic OH excluding ortho intramolecular Hbond substituents is 1. The maximum atomic E-state index is 15.1. The molecule has 48 nitrogen and oxygen atoms in total. The molecule has 738 valence electrons. The number of amides is 16. The van der Waals surface area contributed by atoms with Gasteiger partial charge in [0.1, 0.15) is 89.3 Å². The summed E-state index contributed by atoms with van der Waals surface area (Å²) in [7, 11) is 0. The number of guanidine groups is 1. The first-order chi connectivity index (χ1) is 63.3. The van der Waals surface area contributed by atoms with Crippen LogP contribution in [0.5, 0.6) is 5.75 Å². The number of carboxylic acids is 4. The number of hydrogen-bond acceptors (Lipinski definition) is 25. The molecule has 2 aromatic heterocycles. The standard InChI is InChI=1S/C86H121N21O27S/c1-10-41(2)67(81(132)107-86(7,8)83(134)102-59(37-61(87)111)76(127)97-56(34-44-21-23-47(110)24-22-44)78(129)104-68(42(3)108)70(88)121)103-73(124)53(25-28-63(113)114)96-71(122)52(20-15-32-91-84(89)90)95-77(128)60(38-66(119)120)99-75(126)57(35-45-39-92-50-18-13-11-16-48(45)50)98-72(123)54(26-29-64(115)116)101-82(133)85(5,6)106-79(130)58(36-46-40-93-51-19-14-12-17-49(46)51)100-80(131)69(43(4)109)105-74(125)55(31-33-135-9)94-62(112)27-30-65(117)118/h11-14,16-19,21-24,39-43,52-60,67-69,92-93,108-110H,10,15,20,25-38H2,1-9H3,(H2,87,111)(H2,88,121)(H,94,112)(H,95,128)(H,96,122)(H,97,127)(H,98,123)(H,99,126)(H,100,131)(H,101,133)(H,102,134)(H,103,124)(H,104,129)(H,105,125)(H,106,130)(H,107,132)(H,113,114)(H,115,116)(H,117,118)(H,119,120)(H4,89,90,91)/t41-,42+,43+,52-,53-,54-,55-,56-,57-,58-,59-,60-,67-,68-,69-/m0/s1.